The summed E-state index contributed by atoms with van der Waals surface area (Å²) in [5, 5.41) is 6.25. The number of halogens is 1. The molecule has 2 amide bonds. The first kappa shape index (κ1) is 19.7. The summed E-state index contributed by atoms with van der Waals surface area (Å²) in [4.78, 5) is 29.9. The molecule has 2 fully saturated rings. The van der Waals surface area contributed by atoms with E-state index in [1.807, 2.05) is 12.1 Å². The van der Waals surface area contributed by atoms with Crippen molar-refractivity contribution in [3.05, 3.63) is 40.3 Å². The monoisotopic (exact) mass is 463 g/mol. The van der Waals surface area contributed by atoms with E-state index in [-0.39, 0.29) is 22.9 Å². The van der Waals surface area contributed by atoms with E-state index < -0.39 is 12.2 Å². The molecule has 9 nitrogen and oxygen atoms in total. The Kier molecular flexibility index (Phi) is 5.20. The minimum atomic E-state index is -0.874. The molecule has 2 aromatic rings. The van der Waals surface area contributed by atoms with Gasteiger partial charge in [-0.05, 0) is 52.7 Å². The summed E-state index contributed by atoms with van der Waals surface area (Å²) in [6, 6.07) is 5.50. The topological polar surface area (TPSA) is 124 Å². The third-order valence-corrected chi connectivity index (χ3v) is 6.27. The number of ether oxygens (including phenoxy) is 1. The van der Waals surface area contributed by atoms with Crippen LogP contribution in [0, 0.1) is 11.3 Å². The molecule has 1 atom stereocenters. The van der Waals surface area contributed by atoms with Gasteiger partial charge < -0.3 is 25.2 Å². The van der Waals surface area contributed by atoms with Gasteiger partial charge in [-0.1, -0.05) is 5.16 Å². The number of rotatable bonds is 5. The summed E-state index contributed by atoms with van der Waals surface area (Å²) in [7, 11) is 1.51. The van der Waals surface area contributed by atoms with Crippen molar-refractivity contribution in [3.8, 4) is 0 Å². The molecular weight excluding hydrogens is 442 g/mol. The smallest absolute Gasteiger partial charge is 0.405 e. The van der Waals surface area contributed by atoms with Crippen molar-refractivity contribution in [3.63, 3.8) is 0 Å². The van der Waals surface area contributed by atoms with Gasteiger partial charge in [0, 0.05) is 42.8 Å². The predicted molar refractivity (Wildman–Crippen MR) is 107 cm³/mol. The Morgan fingerprint density at radius 1 is 1.45 bits per heavy atom. The highest BCUT2D eigenvalue weighted by atomic mass is 79.9. The molecular formula is C19H22BrN5O4. The van der Waals surface area contributed by atoms with Crippen LogP contribution in [0.4, 0.5) is 10.6 Å². The van der Waals surface area contributed by atoms with Crippen molar-refractivity contribution >= 4 is 33.7 Å². The minimum absolute atomic E-state index is 0.0609. The van der Waals surface area contributed by atoms with Crippen LogP contribution in [0.15, 0.2) is 33.4 Å². The molecule has 1 aliphatic heterocycles. The van der Waals surface area contributed by atoms with Crippen molar-refractivity contribution in [1.82, 2.24) is 15.5 Å². The fraction of sp³-hybridized carbons (Fsp3) is 0.474. The van der Waals surface area contributed by atoms with E-state index >= 15 is 0 Å². The zero-order chi connectivity index (χ0) is 20.6. The molecule has 0 bridgehead atoms. The van der Waals surface area contributed by atoms with Gasteiger partial charge in [0.1, 0.15) is 5.82 Å². The van der Waals surface area contributed by atoms with E-state index in [0.717, 1.165) is 42.6 Å². The Hall–Kier alpha value is -2.62. The predicted octanol–water partition coefficient (Wildman–Crippen LogP) is 2.63. The molecule has 0 aromatic carbocycles. The van der Waals surface area contributed by atoms with Gasteiger partial charge in [0.2, 0.25) is 0 Å². The number of pyridine rings is 1. The number of nitrogens with two attached hydrogens (primary N) is 1. The fourth-order valence-electron chi connectivity index (χ4n) is 4.46. The standard InChI is InChI=1S/C19H22BrN5O4/c1-22-17(26)13-6-14(29-24-13)16(28-18(21)27)11-7-19(8-11)4-5-25(10-19)15-3-2-12(20)9-23-15/h2-3,6,9,11,16H,4-5,7-8,10H2,1H3,(H2,21,27)(H,22,26). The van der Waals surface area contributed by atoms with E-state index in [4.69, 9.17) is 15.0 Å². The van der Waals surface area contributed by atoms with Crippen LogP contribution >= 0.6 is 15.9 Å². The molecule has 10 heteroatoms. The molecule has 3 heterocycles. The molecule has 154 valence electrons. The van der Waals surface area contributed by atoms with E-state index in [1.54, 1.807) is 6.20 Å². The average Bonchev–Trinajstić information content (AvgIpc) is 3.33. The van der Waals surface area contributed by atoms with Crippen molar-refractivity contribution in [2.24, 2.45) is 17.1 Å². The minimum Gasteiger partial charge on any atom is -0.438 e. The van der Waals surface area contributed by atoms with Crippen LogP contribution < -0.4 is 16.0 Å². The third kappa shape index (κ3) is 3.93. The fourth-order valence-corrected chi connectivity index (χ4v) is 4.69. The Morgan fingerprint density at radius 3 is 2.90 bits per heavy atom. The van der Waals surface area contributed by atoms with Gasteiger partial charge in [-0.2, -0.15) is 0 Å². The molecule has 3 N–H and O–H groups in total. The van der Waals surface area contributed by atoms with Crippen LogP contribution in [0.1, 0.15) is 41.6 Å². The summed E-state index contributed by atoms with van der Waals surface area (Å²) in [6.07, 6.45) is 3.06. The molecule has 4 rings (SSSR count). The quantitative estimate of drug-likeness (QED) is 0.697. The van der Waals surface area contributed by atoms with Gasteiger partial charge in [0.25, 0.3) is 5.91 Å². The Bertz CT molecular complexity index is 910. The van der Waals surface area contributed by atoms with Gasteiger partial charge >= 0.3 is 6.09 Å². The number of nitrogens with one attached hydrogen (secondary N) is 1. The van der Waals surface area contributed by atoms with E-state index in [1.165, 1.54) is 13.1 Å². The molecule has 1 spiro atoms. The maximum absolute atomic E-state index is 11.7. The highest BCUT2D eigenvalue weighted by Crippen LogP contribution is 2.56. The van der Waals surface area contributed by atoms with Gasteiger partial charge in [0.05, 0.1) is 0 Å². The van der Waals surface area contributed by atoms with Crippen molar-refractivity contribution in [2.45, 2.75) is 25.4 Å². The highest BCUT2D eigenvalue weighted by molar-refractivity contribution is 9.10. The maximum Gasteiger partial charge on any atom is 0.405 e. The summed E-state index contributed by atoms with van der Waals surface area (Å²) in [5.41, 5.74) is 5.57. The van der Waals surface area contributed by atoms with Crippen LogP contribution in [0.25, 0.3) is 0 Å². The zero-order valence-corrected chi connectivity index (χ0v) is 17.5. The molecule has 1 aliphatic carbocycles. The normalized spacial score (nSPS) is 24.2. The lowest BCUT2D eigenvalue weighted by Gasteiger charge is -2.47. The summed E-state index contributed by atoms with van der Waals surface area (Å²) in [6.45, 7) is 1.84. The number of amides is 2. The maximum atomic E-state index is 11.7. The lowest BCUT2D eigenvalue weighted by atomic mass is 9.59. The Balaban J connectivity index is 1.44. The number of anilines is 1. The van der Waals surface area contributed by atoms with E-state index in [9.17, 15) is 9.59 Å². The summed E-state index contributed by atoms with van der Waals surface area (Å²) < 4.78 is 11.6. The number of carbonyl (C=O) groups is 2. The van der Waals surface area contributed by atoms with E-state index in [2.05, 4.69) is 36.3 Å². The Morgan fingerprint density at radius 2 is 2.24 bits per heavy atom. The molecule has 1 saturated carbocycles. The first-order valence-corrected chi connectivity index (χ1v) is 10.2. The summed E-state index contributed by atoms with van der Waals surface area (Å²) in [5.74, 6) is 0.998. The molecule has 2 aliphatic rings. The van der Waals surface area contributed by atoms with Crippen LogP contribution in [-0.2, 0) is 4.74 Å². The van der Waals surface area contributed by atoms with Crippen molar-refractivity contribution in [1.29, 1.82) is 0 Å². The largest absolute Gasteiger partial charge is 0.438 e. The molecule has 1 saturated heterocycles. The van der Waals surface area contributed by atoms with Crippen molar-refractivity contribution < 1.29 is 18.8 Å². The first-order valence-electron chi connectivity index (χ1n) is 9.40. The van der Waals surface area contributed by atoms with Crippen molar-refractivity contribution in [2.75, 3.05) is 25.0 Å². The van der Waals surface area contributed by atoms with Gasteiger partial charge in [0.15, 0.2) is 17.6 Å². The van der Waals surface area contributed by atoms with Crippen LogP contribution in [0.3, 0.4) is 0 Å². The number of hydrogen-bond acceptors (Lipinski definition) is 7. The number of aromatic nitrogens is 2. The lowest BCUT2D eigenvalue weighted by Crippen LogP contribution is -2.43. The van der Waals surface area contributed by atoms with Gasteiger partial charge in [-0.25, -0.2) is 9.78 Å². The van der Waals surface area contributed by atoms with Crippen LogP contribution in [-0.4, -0.2) is 42.3 Å². The second-order valence-electron chi connectivity index (χ2n) is 7.73. The average molecular weight is 464 g/mol. The van der Waals surface area contributed by atoms with Crippen LogP contribution in [0.2, 0.25) is 0 Å². The number of nitrogens with zero attached hydrogens (tertiary/aromatic N) is 3. The number of primary amides is 1. The lowest BCUT2D eigenvalue weighted by molar-refractivity contribution is -0.0406. The van der Waals surface area contributed by atoms with E-state index in [0.29, 0.717) is 5.76 Å². The molecule has 29 heavy (non-hydrogen) atoms. The second-order valence-corrected chi connectivity index (χ2v) is 8.64. The van der Waals surface area contributed by atoms with Crippen LogP contribution in [0.5, 0.6) is 0 Å². The highest BCUT2D eigenvalue weighted by Gasteiger charge is 2.52. The number of hydrogen-bond donors (Lipinski definition) is 2. The molecule has 0 radical (unpaired) electrons. The number of carbonyl (C=O) groups excluding carboxylic acids is 2. The second kappa shape index (κ2) is 7.66. The Labute approximate surface area is 176 Å². The summed E-state index contributed by atoms with van der Waals surface area (Å²) >= 11 is 3.41. The molecule has 2 aromatic heterocycles. The van der Waals surface area contributed by atoms with Gasteiger partial charge in [-0.15, -0.1) is 0 Å². The molecule has 1 unspecified atom stereocenters. The first-order chi connectivity index (χ1) is 13.9. The zero-order valence-electron chi connectivity index (χ0n) is 15.9. The van der Waals surface area contributed by atoms with Gasteiger partial charge in [-0.3, -0.25) is 4.79 Å². The third-order valence-electron chi connectivity index (χ3n) is 5.80. The SMILES string of the molecule is CNC(=O)c1cc(C(OC(N)=O)C2CC3(CCN(c4ccc(Br)cn4)C3)C2)on1.